The summed E-state index contributed by atoms with van der Waals surface area (Å²) in [5.74, 6) is 10.0. The second kappa shape index (κ2) is 3.99. The number of allylic oxidation sites excluding steroid dienone is 2. The molecule has 0 N–H and O–H groups in total. The summed E-state index contributed by atoms with van der Waals surface area (Å²) in [6.45, 7) is 6.61. The molecular formula is C14H14O2. The van der Waals surface area contributed by atoms with Crippen molar-refractivity contribution in [3.05, 3.63) is 12.2 Å². The summed E-state index contributed by atoms with van der Waals surface area (Å²) in [5, 5.41) is 0. The van der Waals surface area contributed by atoms with Crippen molar-refractivity contribution >= 4 is 11.6 Å². The van der Waals surface area contributed by atoms with E-state index in [1.807, 2.05) is 0 Å². The van der Waals surface area contributed by atoms with Crippen molar-refractivity contribution in [1.82, 2.24) is 0 Å². The highest BCUT2D eigenvalue weighted by atomic mass is 16.2. The zero-order chi connectivity index (χ0) is 12.4. The summed E-state index contributed by atoms with van der Waals surface area (Å²) >= 11 is 0. The van der Waals surface area contributed by atoms with Crippen LogP contribution in [0.5, 0.6) is 0 Å². The topological polar surface area (TPSA) is 34.1 Å². The van der Waals surface area contributed by atoms with Gasteiger partial charge in [0.1, 0.15) is 0 Å². The van der Waals surface area contributed by atoms with Crippen LogP contribution < -0.4 is 0 Å². The summed E-state index contributed by atoms with van der Waals surface area (Å²) < 4.78 is 0. The van der Waals surface area contributed by atoms with E-state index in [0.29, 0.717) is 0 Å². The van der Waals surface area contributed by atoms with Crippen molar-refractivity contribution in [2.24, 2.45) is 10.8 Å². The SMILES string of the molecule is CC1(C)C#CC=CC#CC(C)(C)C(=O)C1=O. The molecule has 82 valence electrons. The molecule has 0 amide bonds. The van der Waals surface area contributed by atoms with Gasteiger partial charge < -0.3 is 0 Å². The number of Topliss-reactive ketones (excluding diaryl/α,β-unsaturated/α-hetero) is 2. The first-order valence-electron chi connectivity index (χ1n) is 5.07. The number of carbonyl (C=O) groups is 2. The third-order valence-electron chi connectivity index (χ3n) is 2.36. The molecule has 0 radical (unpaired) electrons. The van der Waals surface area contributed by atoms with Crippen molar-refractivity contribution < 1.29 is 9.59 Å². The van der Waals surface area contributed by atoms with Crippen molar-refractivity contribution in [2.45, 2.75) is 27.7 Å². The summed E-state index contributed by atoms with van der Waals surface area (Å²) in [6.07, 6.45) is 3.18. The molecule has 0 spiro atoms. The number of hydrogen-bond acceptors (Lipinski definition) is 2. The fourth-order valence-electron chi connectivity index (χ4n) is 1.21. The van der Waals surface area contributed by atoms with E-state index < -0.39 is 22.4 Å². The van der Waals surface area contributed by atoms with Crippen molar-refractivity contribution in [3.8, 4) is 23.7 Å². The molecule has 0 atom stereocenters. The lowest BCUT2D eigenvalue weighted by Gasteiger charge is -2.21. The van der Waals surface area contributed by atoms with Gasteiger partial charge in [0.25, 0.3) is 0 Å². The monoisotopic (exact) mass is 214 g/mol. The van der Waals surface area contributed by atoms with Gasteiger partial charge in [-0.25, -0.2) is 0 Å². The van der Waals surface area contributed by atoms with Crippen LogP contribution in [0.15, 0.2) is 12.2 Å². The van der Waals surface area contributed by atoms with Crippen molar-refractivity contribution in [1.29, 1.82) is 0 Å². The van der Waals surface area contributed by atoms with Gasteiger partial charge in [0, 0.05) is 0 Å². The summed E-state index contributed by atoms with van der Waals surface area (Å²) in [6, 6.07) is 0. The molecule has 0 bridgehead atoms. The Balaban J connectivity index is 3.32. The van der Waals surface area contributed by atoms with Crippen LogP contribution in [0.2, 0.25) is 0 Å². The highest BCUT2D eigenvalue weighted by molar-refractivity contribution is 6.42. The average Bonchev–Trinajstić information content (AvgIpc) is 2.19. The van der Waals surface area contributed by atoms with Gasteiger partial charge in [0.05, 0.1) is 10.8 Å². The quantitative estimate of drug-likeness (QED) is 0.455. The average molecular weight is 214 g/mol. The molecule has 0 aliphatic heterocycles. The Kier molecular flexibility index (Phi) is 3.06. The molecule has 0 aromatic rings. The molecule has 16 heavy (non-hydrogen) atoms. The predicted octanol–water partition coefficient (Wildman–Crippen LogP) is 1.75. The number of ketones is 2. The van der Waals surface area contributed by atoms with E-state index in [-0.39, 0.29) is 0 Å². The molecular weight excluding hydrogens is 200 g/mol. The lowest BCUT2D eigenvalue weighted by atomic mass is 9.77. The van der Waals surface area contributed by atoms with Gasteiger partial charge in [0.2, 0.25) is 11.6 Å². The summed E-state index contributed by atoms with van der Waals surface area (Å²) in [5.41, 5.74) is -1.89. The van der Waals surface area contributed by atoms with E-state index in [0.717, 1.165) is 0 Å². The van der Waals surface area contributed by atoms with E-state index in [1.165, 1.54) is 0 Å². The zero-order valence-electron chi connectivity index (χ0n) is 9.97. The van der Waals surface area contributed by atoms with Gasteiger partial charge in [0.15, 0.2) is 0 Å². The number of carbonyl (C=O) groups excluding carboxylic acids is 2. The molecule has 0 aromatic heterocycles. The first-order valence-corrected chi connectivity index (χ1v) is 5.07. The summed E-state index contributed by atoms with van der Waals surface area (Å²) in [4.78, 5) is 23.9. The lowest BCUT2D eigenvalue weighted by molar-refractivity contribution is -0.143. The molecule has 1 aliphatic rings. The Hall–Kier alpha value is -1.80. The Morgan fingerprint density at radius 2 is 1.12 bits per heavy atom. The van der Waals surface area contributed by atoms with Crippen LogP contribution in [0.1, 0.15) is 27.7 Å². The van der Waals surface area contributed by atoms with Crippen LogP contribution in [0.25, 0.3) is 0 Å². The molecule has 0 aromatic carbocycles. The Morgan fingerprint density at radius 3 is 1.44 bits per heavy atom. The van der Waals surface area contributed by atoms with E-state index in [2.05, 4.69) is 23.7 Å². The van der Waals surface area contributed by atoms with Gasteiger partial charge in [-0.15, -0.1) is 0 Å². The molecule has 0 fully saturated rings. The minimum Gasteiger partial charge on any atom is -0.289 e. The zero-order valence-corrected chi connectivity index (χ0v) is 9.97. The molecule has 0 saturated heterocycles. The summed E-state index contributed by atoms with van der Waals surface area (Å²) in [7, 11) is 0. The Morgan fingerprint density at radius 1 is 0.812 bits per heavy atom. The molecule has 0 saturated carbocycles. The minimum absolute atomic E-state index is 0.477. The molecule has 1 rings (SSSR count). The molecule has 0 heterocycles. The third kappa shape index (κ3) is 2.41. The third-order valence-corrected chi connectivity index (χ3v) is 2.36. The molecule has 1 aliphatic carbocycles. The minimum atomic E-state index is -0.947. The van der Waals surface area contributed by atoms with Crippen LogP contribution >= 0.6 is 0 Å². The van der Waals surface area contributed by atoms with E-state index in [1.54, 1.807) is 39.8 Å². The lowest BCUT2D eigenvalue weighted by Crippen LogP contribution is -2.38. The largest absolute Gasteiger partial charge is 0.289 e. The van der Waals surface area contributed by atoms with Crippen LogP contribution in [0.4, 0.5) is 0 Å². The van der Waals surface area contributed by atoms with Crippen LogP contribution in [0.3, 0.4) is 0 Å². The fourth-order valence-corrected chi connectivity index (χ4v) is 1.21. The van der Waals surface area contributed by atoms with Gasteiger partial charge in [-0.05, 0) is 39.8 Å². The smallest absolute Gasteiger partial charge is 0.217 e. The molecule has 0 unspecified atom stereocenters. The van der Waals surface area contributed by atoms with E-state index in [9.17, 15) is 9.59 Å². The van der Waals surface area contributed by atoms with Gasteiger partial charge >= 0.3 is 0 Å². The maximum absolute atomic E-state index is 12.0. The number of hydrogen-bond donors (Lipinski definition) is 0. The number of rotatable bonds is 0. The fraction of sp³-hybridized carbons (Fsp3) is 0.429. The second-order valence-corrected chi connectivity index (χ2v) is 4.78. The van der Waals surface area contributed by atoms with E-state index >= 15 is 0 Å². The molecule has 2 nitrogen and oxygen atoms in total. The highest BCUT2D eigenvalue weighted by Crippen LogP contribution is 2.24. The van der Waals surface area contributed by atoms with Crippen LogP contribution in [0, 0.1) is 34.5 Å². The van der Waals surface area contributed by atoms with Crippen molar-refractivity contribution in [2.75, 3.05) is 0 Å². The first kappa shape index (κ1) is 12.3. The first-order chi connectivity index (χ1) is 7.27. The normalized spacial score (nSPS) is 21.5. The maximum Gasteiger partial charge on any atom is 0.217 e. The van der Waals surface area contributed by atoms with E-state index in [4.69, 9.17) is 0 Å². The van der Waals surface area contributed by atoms with Crippen molar-refractivity contribution in [3.63, 3.8) is 0 Å². The van der Waals surface area contributed by atoms with Crippen LogP contribution in [-0.2, 0) is 9.59 Å². The second-order valence-electron chi connectivity index (χ2n) is 4.78. The van der Waals surface area contributed by atoms with Gasteiger partial charge in [-0.2, -0.15) is 0 Å². The van der Waals surface area contributed by atoms with Crippen LogP contribution in [-0.4, -0.2) is 11.6 Å². The Labute approximate surface area is 96.1 Å². The van der Waals surface area contributed by atoms with Gasteiger partial charge in [-0.3, -0.25) is 9.59 Å². The molecule has 2 heteroatoms. The standard InChI is InChI=1S/C14H14O2/c1-13(2)9-7-5-6-8-10-14(3,4)12(16)11(13)15/h5-6H,1-4H3. The predicted molar refractivity (Wildman–Crippen MR) is 62.3 cm³/mol. The highest BCUT2D eigenvalue weighted by Gasteiger charge is 2.39. The Bertz CT molecular complexity index is 436. The van der Waals surface area contributed by atoms with Gasteiger partial charge in [-0.1, -0.05) is 23.7 Å². The maximum atomic E-state index is 12.0.